The molecule has 2 N–H and O–H groups in total. The van der Waals surface area contributed by atoms with Gasteiger partial charge in [-0.25, -0.2) is 0 Å². The van der Waals surface area contributed by atoms with Crippen molar-refractivity contribution in [2.45, 2.75) is 24.2 Å². The number of rotatable bonds is 7. The number of imide groups is 1. The minimum atomic E-state index is -0.725. The first-order valence-corrected chi connectivity index (χ1v) is 9.28. The second kappa shape index (κ2) is 8.42. The molecule has 0 bridgehead atoms. The summed E-state index contributed by atoms with van der Waals surface area (Å²) in [4.78, 5) is 22.8. The molecule has 0 radical (unpaired) electrons. The molecule has 2 unspecified atom stereocenters. The molecule has 7 heteroatoms. The van der Waals surface area contributed by atoms with E-state index in [1.807, 2.05) is 18.2 Å². The highest BCUT2D eigenvalue weighted by atomic mass is 32.2. The third-order valence-electron chi connectivity index (χ3n) is 4.35. The topological polar surface area (TPSA) is 84.9 Å². The first-order valence-electron chi connectivity index (χ1n) is 8.40. The lowest BCUT2D eigenvalue weighted by molar-refractivity contribution is -0.119. The van der Waals surface area contributed by atoms with Crippen molar-refractivity contribution >= 4 is 22.9 Å². The molecule has 2 amide bonds. The molecule has 2 aliphatic rings. The quantitative estimate of drug-likeness (QED) is 0.762. The van der Waals surface area contributed by atoms with Gasteiger partial charge in [0.1, 0.15) is 24.2 Å². The lowest BCUT2D eigenvalue weighted by atomic mass is 9.94. The first-order chi connectivity index (χ1) is 12.5. The molecule has 1 fully saturated rings. The van der Waals surface area contributed by atoms with Gasteiger partial charge in [0.25, 0.3) is 5.24 Å². The zero-order valence-electron chi connectivity index (χ0n) is 14.4. The van der Waals surface area contributed by atoms with E-state index in [-0.39, 0.29) is 28.9 Å². The number of aliphatic hydroxyl groups is 1. The number of methoxy groups -OCH3 is 1. The number of ether oxygens (including phenoxy) is 2. The maximum atomic E-state index is 11.6. The Morgan fingerprint density at radius 2 is 2.08 bits per heavy atom. The van der Waals surface area contributed by atoms with E-state index in [0.29, 0.717) is 12.2 Å². The Labute approximate surface area is 156 Å². The van der Waals surface area contributed by atoms with Crippen LogP contribution in [0.15, 0.2) is 48.3 Å². The zero-order valence-corrected chi connectivity index (χ0v) is 15.2. The summed E-state index contributed by atoms with van der Waals surface area (Å²) in [5.41, 5.74) is 0.762. The van der Waals surface area contributed by atoms with Gasteiger partial charge in [-0.2, -0.15) is 0 Å². The van der Waals surface area contributed by atoms with Crippen LogP contribution in [0.25, 0.3) is 0 Å². The van der Waals surface area contributed by atoms with Gasteiger partial charge in [-0.05, 0) is 48.6 Å². The minimum absolute atomic E-state index is 0.155. The second-order valence-electron chi connectivity index (χ2n) is 6.18. The predicted molar refractivity (Wildman–Crippen MR) is 98.8 cm³/mol. The number of thioether (sulfide) groups is 1. The number of benzene rings is 1. The van der Waals surface area contributed by atoms with Crippen LogP contribution in [0.3, 0.4) is 0 Å². The summed E-state index contributed by atoms with van der Waals surface area (Å²) in [6.07, 6.45) is 6.43. The molecule has 0 saturated carbocycles. The number of carbonyl (C=O) groups is 2. The molecule has 1 heterocycles. The predicted octanol–water partition coefficient (Wildman–Crippen LogP) is 2.95. The van der Waals surface area contributed by atoms with E-state index >= 15 is 0 Å². The van der Waals surface area contributed by atoms with Crippen LogP contribution in [0.4, 0.5) is 4.79 Å². The van der Waals surface area contributed by atoms with Crippen LogP contribution in [0.2, 0.25) is 0 Å². The van der Waals surface area contributed by atoms with Crippen molar-refractivity contribution in [3.8, 4) is 5.75 Å². The molecular weight excluding hydrogens is 354 g/mol. The average Bonchev–Trinajstić information content (AvgIpc) is 2.98. The Morgan fingerprint density at radius 3 is 2.65 bits per heavy atom. The van der Waals surface area contributed by atoms with E-state index in [1.54, 1.807) is 31.4 Å². The van der Waals surface area contributed by atoms with Crippen LogP contribution in [0.5, 0.6) is 5.75 Å². The molecule has 1 aromatic carbocycles. The smallest absolute Gasteiger partial charge is 0.286 e. The van der Waals surface area contributed by atoms with Gasteiger partial charge in [0.15, 0.2) is 0 Å². The van der Waals surface area contributed by atoms with Gasteiger partial charge in [0, 0.05) is 0 Å². The molecule has 3 atom stereocenters. The third kappa shape index (κ3) is 4.68. The SMILES string of the molecule is COc1ccc([C@H](O)COC2=CCC(CC3SC(=O)NC3=O)C=C2)cc1. The summed E-state index contributed by atoms with van der Waals surface area (Å²) in [7, 11) is 1.60. The fourth-order valence-corrected chi connectivity index (χ4v) is 3.78. The van der Waals surface area contributed by atoms with Gasteiger partial charge in [-0.15, -0.1) is 0 Å². The highest BCUT2D eigenvalue weighted by Gasteiger charge is 2.33. The molecule has 1 saturated heterocycles. The Morgan fingerprint density at radius 1 is 1.31 bits per heavy atom. The molecule has 1 aliphatic carbocycles. The monoisotopic (exact) mass is 375 g/mol. The van der Waals surface area contributed by atoms with Crippen LogP contribution >= 0.6 is 11.8 Å². The lowest BCUT2D eigenvalue weighted by Gasteiger charge is -2.19. The molecule has 3 rings (SSSR count). The van der Waals surface area contributed by atoms with Gasteiger partial charge in [0.05, 0.1) is 12.4 Å². The molecule has 1 aromatic rings. The molecule has 1 aliphatic heterocycles. The lowest BCUT2D eigenvalue weighted by Crippen LogP contribution is -2.25. The Balaban J connectivity index is 1.45. The van der Waals surface area contributed by atoms with Crippen molar-refractivity contribution in [2.24, 2.45) is 5.92 Å². The van der Waals surface area contributed by atoms with Crippen LogP contribution < -0.4 is 10.1 Å². The summed E-state index contributed by atoms with van der Waals surface area (Å²) in [5, 5.41) is 11.9. The highest BCUT2D eigenvalue weighted by molar-refractivity contribution is 8.15. The average molecular weight is 375 g/mol. The van der Waals surface area contributed by atoms with Crippen molar-refractivity contribution in [3.63, 3.8) is 0 Å². The standard InChI is InChI=1S/C19H21NO5S/c1-24-14-8-4-13(5-9-14)16(21)11-25-15-6-2-12(3-7-15)10-17-18(22)20-19(23)26-17/h2,4-9,12,16-17,21H,3,10-11H2,1H3,(H,20,22,23)/t12?,16-,17?/m1/s1. The number of allylic oxidation sites excluding steroid dienone is 3. The Kier molecular flexibility index (Phi) is 6.00. The Hall–Kier alpha value is -2.25. The van der Waals surface area contributed by atoms with E-state index in [4.69, 9.17) is 9.47 Å². The number of carbonyl (C=O) groups excluding carboxylic acids is 2. The third-order valence-corrected chi connectivity index (χ3v) is 5.35. The Bertz CT molecular complexity index is 728. The van der Waals surface area contributed by atoms with E-state index in [0.717, 1.165) is 29.5 Å². The first kappa shape index (κ1) is 18.5. The van der Waals surface area contributed by atoms with Crippen molar-refractivity contribution in [3.05, 3.63) is 53.8 Å². The maximum Gasteiger partial charge on any atom is 0.286 e. The van der Waals surface area contributed by atoms with Crippen molar-refractivity contribution in [1.82, 2.24) is 5.32 Å². The van der Waals surface area contributed by atoms with Crippen LogP contribution in [-0.4, -0.2) is 35.2 Å². The fourth-order valence-electron chi connectivity index (χ4n) is 2.85. The van der Waals surface area contributed by atoms with Gasteiger partial charge < -0.3 is 14.6 Å². The molecule has 138 valence electrons. The van der Waals surface area contributed by atoms with Crippen LogP contribution in [0, 0.1) is 5.92 Å². The maximum absolute atomic E-state index is 11.6. The van der Waals surface area contributed by atoms with Crippen molar-refractivity contribution in [2.75, 3.05) is 13.7 Å². The van der Waals surface area contributed by atoms with Crippen molar-refractivity contribution < 1.29 is 24.2 Å². The van der Waals surface area contributed by atoms with Gasteiger partial charge >= 0.3 is 0 Å². The van der Waals surface area contributed by atoms with Crippen molar-refractivity contribution in [1.29, 1.82) is 0 Å². The normalized spacial score (nSPS) is 23.4. The molecule has 0 spiro atoms. The molecule has 6 nitrogen and oxygen atoms in total. The van der Waals surface area contributed by atoms with Gasteiger partial charge in [-0.1, -0.05) is 30.0 Å². The van der Waals surface area contributed by atoms with Gasteiger partial charge in [-0.3, -0.25) is 14.9 Å². The molecule has 26 heavy (non-hydrogen) atoms. The summed E-state index contributed by atoms with van der Waals surface area (Å²) in [6.45, 7) is 0.155. The number of nitrogens with one attached hydrogen (secondary N) is 1. The number of aliphatic hydroxyl groups excluding tert-OH is 1. The van der Waals surface area contributed by atoms with Gasteiger partial charge in [0.2, 0.25) is 5.91 Å². The number of hydrogen-bond donors (Lipinski definition) is 2. The van der Waals surface area contributed by atoms with Crippen LogP contribution in [0.1, 0.15) is 24.5 Å². The number of amides is 2. The summed E-state index contributed by atoms with van der Waals surface area (Å²) in [6, 6.07) is 7.20. The minimum Gasteiger partial charge on any atom is -0.497 e. The summed E-state index contributed by atoms with van der Waals surface area (Å²) >= 11 is 1.06. The van der Waals surface area contributed by atoms with E-state index < -0.39 is 6.10 Å². The van der Waals surface area contributed by atoms with E-state index in [9.17, 15) is 14.7 Å². The summed E-state index contributed by atoms with van der Waals surface area (Å²) < 4.78 is 10.8. The largest absolute Gasteiger partial charge is 0.497 e. The second-order valence-corrected chi connectivity index (χ2v) is 7.36. The molecule has 0 aromatic heterocycles. The van der Waals surface area contributed by atoms with Crippen LogP contribution in [-0.2, 0) is 9.53 Å². The summed E-state index contributed by atoms with van der Waals surface area (Å²) in [5.74, 6) is 1.43. The van der Waals surface area contributed by atoms with E-state index in [1.165, 1.54) is 0 Å². The fraction of sp³-hybridized carbons (Fsp3) is 0.368. The highest BCUT2D eigenvalue weighted by Crippen LogP contribution is 2.30. The number of hydrogen-bond acceptors (Lipinski definition) is 6. The zero-order chi connectivity index (χ0) is 18.5. The molecular formula is C19H21NO5S. The van der Waals surface area contributed by atoms with E-state index in [2.05, 4.69) is 5.32 Å².